The molecule has 0 atom stereocenters. The first kappa shape index (κ1) is 17.2. The van der Waals surface area contributed by atoms with Gasteiger partial charge in [0.2, 0.25) is 0 Å². The van der Waals surface area contributed by atoms with Gasteiger partial charge in [-0.1, -0.05) is 28.1 Å². The summed E-state index contributed by atoms with van der Waals surface area (Å²) in [7, 11) is 2.89. The summed E-state index contributed by atoms with van der Waals surface area (Å²) in [4.78, 5) is 40.2. The van der Waals surface area contributed by atoms with Gasteiger partial charge in [0.15, 0.2) is 11.2 Å². The fourth-order valence-electron chi connectivity index (χ4n) is 2.75. The van der Waals surface area contributed by atoms with Crippen LogP contribution in [0.2, 0.25) is 0 Å². The Kier molecular flexibility index (Phi) is 4.34. The van der Waals surface area contributed by atoms with Gasteiger partial charge in [-0.2, -0.15) is 0 Å². The predicted octanol–water partition coefficient (Wildman–Crippen LogP) is 0.872. The van der Waals surface area contributed by atoms with Crippen LogP contribution in [0.1, 0.15) is 11.4 Å². The summed E-state index contributed by atoms with van der Waals surface area (Å²) < 4.78 is 4.67. The lowest BCUT2D eigenvalue weighted by atomic mass is 10.2. The second kappa shape index (κ2) is 6.32. The van der Waals surface area contributed by atoms with Gasteiger partial charge in [0.1, 0.15) is 12.2 Å². The van der Waals surface area contributed by atoms with E-state index in [-0.39, 0.29) is 30.0 Å². The lowest BCUT2D eigenvalue weighted by Crippen LogP contribution is -2.37. The molecule has 0 fully saturated rings. The smallest absolute Gasteiger partial charge is 0.332 e. The number of nitrogens with zero attached hydrogens (tertiary/aromatic N) is 4. The number of fused-ring (bicyclic) bond motifs is 1. The molecule has 1 N–H and O–H groups in total. The van der Waals surface area contributed by atoms with Crippen LogP contribution in [0.4, 0.5) is 0 Å². The van der Waals surface area contributed by atoms with Crippen LogP contribution in [-0.2, 0) is 31.9 Å². The molecule has 1 aromatic carbocycles. The van der Waals surface area contributed by atoms with Crippen LogP contribution in [0.3, 0.4) is 0 Å². The summed E-state index contributed by atoms with van der Waals surface area (Å²) in [6.07, 6.45) is -0.347. The van der Waals surface area contributed by atoms with Crippen molar-refractivity contribution in [1.29, 1.82) is 0 Å². The average molecular weight is 407 g/mol. The number of aromatic nitrogens is 4. The molecule has 0 bridgehead atoms. The summed E-state index contributed by atoms with van der Waals surface area (Å²) >= 11 is 3.39. The van der Waals surface area contributed by atoms with E-state index in [4.69, 9.17) is 5.11 Å². The van der Waals surface area contributed by atoms with Gasteiger partial charge in [0, 0.05) is 25.1 Å². The zero-order chi connectivity index (χ0) is 18.3. The Balaban J connectivity index is 2.32. The van der Waals surface area contributed by atoms with Crippen LogP contribution >= 0.6 is 15.9 Å². The minimum atomic E-state index is -1.06. The number of carboxylic acid groups (broad SMARTS) is 1. The molecule has 130 valence electrons. The zero-order valence-corrected chi connectivity index (χ0v) is 15.1. The van der Waals surface area contributed by atoms with E-state index in [1.807, 2.05) is 24.3 Å². The quantitative estimate of drug-likeness (QED) is 0.692. The minimum absolute atomic E-state index is 0.180. The van der Waals surface area contributed by atoms with Crippen LogP contribution in [0.25, 0.3) is 11.2 Å². The largest absolute Gasteiger partial charge is 0.481 e. The second-order valence-electron chi connectivity index (χ2n) is 5.69. The molecule has 0 aliphatic carbocycles. The molecule has 0 radical (unpaired) electrons. The molecule has 3 aromatic rings. The molecule has 3 rings (SSSR count). The summed E-state index contributed by atoms with van der Waals surface area (Å²) in [6, 6.07) is 7.47. The Hall–Kier alpha value is -2.68. The Morgan fingerprint density at radius 2 is 1.96 bits per heavy atom. The van der Waals surface area contributed by atoms with Crippen LogP contribution in [-0.4, -0.2) is 29.8 Å². The van der Waals surface area contributed by atoms with Crippen molar-refractivity contribution < 1.29 is 9.90 Å². The third-order valence-electron chi connectivity index (χ3n) is 3.97. The van der Waals surface area contributed by atoms with Crippen molar-refractivity contribution in [3.05, 3.63) is 61.0 Å². The first-order valence-electron chi connectivity index (χ1n) is 7.41. The Morgan fingerprint density at radius 1 is 1.24 bits per heavy atom. The maximum atomic E-state index is 12.6. The molecule has 2 heterocycles. The standard InChI is InChI=1S/C16H15BrN4O4/c1-19-14-13(15(24)20(2)16(19)25)21(11(18-14)7-12(22)23)8-9-4-3-5-10(17)6-9/h3-6H,7-8H2,1-2H3,(H,22,23). The Bertz CT molecular complexity index is 1110. The van der Waals surface area contributed by atoms with Crippen molar-refractivity contribution in [2.75, 3.05) is 0 Å². The highest BCUT2D eigenvalue weighted by atomic mass is 79.9. The number of hydrogen-bond donors (Lipinski definition) is 1. The zero-order valence-electron chi connectivity index (χ0n) is 13.6. The van der Waals surface area contributed by atoms with E-state index in [1.54, 1.807) is 4.57 Å². The molecule has 0 aliphatic heterocycles. The van der Waals surface area contributed by atoms with Crippen LogP contribution < -0.4 is 11.2 Å². The lowest BCUT2D eigenvalue weighted by molar-refractivity contribution is -0.136. The van der Waals surface area contributed by atoms with E-state index in [9.17, 15) is 14.4 Å². The number of benzene rings is 1. The molecule has 0 spiro atoms. The molecule has 0 saturated heterocycles. The van der Waals surface area contributed by atoms with Gasteiger partial charge >= 0.3 is 11.7 Å². The maximum absolute atomic E-state index is 12.6. The summed E-state index contributed by atoms with van der Waals surface area (Å²) in [5.41, 5.74) is 0.250. The van der Waals surface area contributed by atoms with Crippen LogP contribution in [0.5, 0.6) is 0 Å². The molecule has 8 nitrogen and oxygen atoms in total. The Morgan fingerprint density at radius 3 is 2.60 bits per heavy atom. The van der Waals surface area contributed by atoms with Crippen molar-refractivity contribution >= 4 is 33.1 Å². The van der Waals surface area contributed by atoms with Crippen molar-refractivity contribution in [3.8, 4) is 0 Å². The van der Waals surface area contributed by atoms with Crippen LogP contribution in [0, 0.1) is 0 Å². The van der Waals surface area contributed by atoms with Gasteiger partial charge in [-0.25, -0.2) is 9.78 Å². The highest BCUT2D eigenvalue weighted by molar-refractivity contribution is 9.10. The third-order valence-corrected chi connectivity index (χ3v) is 4.46. The molecule has 2 aromatic heterocycles. The fraction of sp³-hybridized carbons (Fsp3) is 0.250. The molecular formula is C16H15BrN4O4. The molecule has 9 heteroatoms. The van der Waals surface area contributed by atoms with Crippen LogP contribution in [0.15, 0.2) is 38.3 Å². The summed E-state index contributed by atoms with van der Waals surface area (Å²) in [5.74, 6) is -0.839. The molecule has 0 unspecified atom stereocenters. The molecule has 0 aliphatic rings. The second-order valence-corrected chi connectivity index (χ2v) is 6.61. The van der Waals surface area contributed by atoms with E-state index in [2.05, 4.69) is 20.9 Å². The van der Waals surface area contributed by atoms with Crippen molar-refractivity contribution in [2.45, 2.75) is 13.0 Å². The average Bonchev–Trinajstić information content (AvgIpc) is 2.89. The minimum Gasteiger partial charge on any atom is -0.481 e. The van der Waals surface area contributed by atoms with E-state index >= 15 is 0 Å². The maximum Gasteiger partial charge on any atom is 0.332 e. The first-order valence-corrected chi connectivity index (χ1v) is 8.20. The van der Waals surface area contributed by atoms with Gasteiger partial charge < -0.3 is 9.67 Å². The van der Waals surface area contributed by atoms with Gasteiger partial charge in [-0.3, -0.25) is 18.7 Å². The highest BCUT2D eigenvalue weighted by Gasteiger charge is 2.20. The number of carboxylic acids is 1. The number of hydrogen-bond acceptors (Lipinski definition) is 4. The highest BCUT2D eigenvalue weighted by Crippen LogP contribution is 2.17. The normalized spacial score (nSPS) is 11.2. The van der Waals surface area contributed by atoms with E-state index < -0.39 is 17.2 Å². The van der Waals surface area contributed by atoms with Crippen molar-refractivity contribution in [2.24, 2.45) is 14.1 Å². The number of aliphatic carboxylic acids is 1. The van der Waals surface area contributed by atoms with E-state index in [1.165, 1.54) is 18.7 Å². The SMILES string of the molecule is Cn1c(=O)c2c(nc(CC(=O)O)n2Cc2cccc(Br)c2)n(C)c1=O. The van der Waals surface area contributed by atoms with Gasteiger partial charge in [-0.05, 0) is 17.7 Å². The third kappa shape index (κ3) is 3.02. The molecular weight excluding hydrogens is 392 g/mol. The van der Waals surface area contributed by atoms with Crippen molar-refractivity contribution in [3.63, 3.8) is 0 Å². The first-order chi connectivity index (χ1) is 11.8. The van der Waals surface area contributed by atoms with Gasteiger partial charge in [0.25, 0.3) is 5.56 Å². The lowest BCUT2D eigenvalue weighted by Gasteiger charge is -2.09. The van der Waals surface area contributed by atoms with E-state index in [0.29, 0.717) is 0 Å². The number of rotatable bonds is 4. The predicted molar refractivity (Wildman–Crippen MR) is 94.8 cm³/mol. The summed E-state index contributed by atoms with van der Waals surface area (Å²) in [5, 5.41) is 9.16. The Labute approximate surface area is 150 Å². The fourth-order valence-corrected chi connectivity index (χ4v) is 3.20. The molecule has 0 amide bonds. The monoisotopic (exact) mass is 406 g/mol. The number of halogens is 1. The van der Waals surface area contributed by atoms with E-state index in [0.717, 1.165) is 14.6 Å². The number of carbonyl (C=O) groups is 1. The molecule has 25 heavy (non-hydrogen) atoms. The van der Waals surface area contributed by atoms with Gasteiger partial charge in [0.05, 0.1) is 0 Å². The number of aryl methyl sites for hydroxylation is 1. The number of imidazole rings is 1. The van der Waals surface area contributed by atoms with Crippen molar-refractivity contribution in [1.82, 2.24) is 18.7 Å². The summed E-state index contributed by atoms with van der Waals surface area (Å²) in [6.45, 7) is 0.270. The molecule has 0 saturated carbocycles. The topological polar surface area (TPSA) is 99.1 Å². The van der Waals surface area contributed by atoms with Gasteiger partial charge in [-0.15, -0.1) is 0 Å².